The lowest BCUT2D eigenvalue weighted by molar-refractivity contribution is -0.139. The molecule has 1 aromatic heterocycles. The standard InChI is InChI=1S/C11H18N2O4/c1-7(16-4)10-12-8(17-13-10)5-11(2,3)6-9(14)15/h7H,5-6H2,1-4H3,(H,14,15). The van der Waals surface area contributed by atoms with E-state index in [1.165, 1.54) is 0 Å². The van der Waals surface area contributed by atoms with Crippen molar-refractivity contribution in [3.8, 4) is 0 Å². The van der Waals surface area contributed by atoms with E-state index >= 15 is 0 Å². The minimum Gasteiger partial charge on any atom is -0.481 e. The number of methoxy groups -OCH3 is 1. The molecule has 1 rings (SSSR count). The van der Waals surface area contributed by atoms with Gasteiger partial charge in [0, 0.05) is 13.5 Å². The van der Waals surface area contributed by atoms with E-state index in [4.69, 9.17) is 14.4 Å². The number of nitrogens with zero attached hydrogens (tertiary/aromatic N) is 2. The second-order valence-electron chi connectivity index (χ2n) is 4.84. The number of ether oxygens (including phenoxy) is 1. The van der Waals surface area contributed by atoms with Crippen LogP contribution in [0.5, 0.6) is 0 Å². The van der Waals surface area contributed by atoms with E-state index in [-0.39, 0.29) is 12.5 Å². The van der Waals surface area contributed by atoms with Gasteiger partial charge in [-0.05, 0) is 12.3 Å². The Morgan fingerprint density at radius 2 is 2.24 bits per heavy atom. The van der Waals surface area contributed by atoms with E-state index in [2.05, 4.69) is 10.1 Å². The number of carboxylic acid groups (broad SMARTS) is 1. The summed E-state index contributed by atoms with van der Waals surface area (Å²) in [5.74, 6) is 0.0868. The monoisotopic (exact) mass is 242 g/mol. The molecule has 0 aliphatic rings. The van der Waals surface area contributed by atoms with Gasteiger partial charge in [-0.3, -0.25) is 4.79 Å². The lowest BCUT2D eigenvalue weighted by atomic mass is 9.86. The molecule has 1 aromatic rings. The molecular weight excluding hydrogens is 224 g/mol. The summed E-state index contributed by atoms with van der Waals surface area (Å²) >= 11 is 0. The molecule has 6 nitrogen and oxygen atoms in total. The highest BCUT2D eigenvalue weighted by atomic mass is 16.5. The maximum absolute atomic E-state index is 10.7. The summed E-state index contributed by atoms with van der Waals surface area (Å²) in [4.78, 5) is 14.9. The van der Waals surface area contributed by atoms with Crippen LogP contribution in [0.15, 0.2) is 4.52 Å². The van der Waals surface area contributed by atoms with Crippen molar-refractivity contribution in [2.75, 3.05) is 7.11 Å². The number of rotatable bonds is 6. The molecule has 0 saturated heterocycles. The van der Waals surface area contributed by atoms with Crippen LogP contribution < -0.4 is 0 Å². The van der Waals surface area contributed by atoms with Crippen molar-refractivity contribution in [2.45, 2.75) is 39.7 Å². The minimum absolute atomic E-state index is 0.0601. The predicted octanol–water partition coefficient (Wildman–Crippen LogP) is 1.82. The first kappa shape index (κ1) is 13.6. The third-order valence-electron chi connectivity index (χ3n) is 2.46. The van der Waals surface area contributed by atoms with Gasteiger partial charge >= 0.3 is 5.97 Å². The highest BCUT2D eigenvalue weighted by Gasteiger charge is 2.25. The Labute approximate surface area is 100.0 Å². The van der Waals surface area contributed by atoms with Gasteiger partial charge in [0.2, 0.25) is 5.89 Å². The Morgan fingerprint density at radius 1 is 1.59 bits per heavy atom. The van der Waals surface area contributed by atoms with Crippen molar-refractivity contribution in [3.63, 3.8) is 0 Å². The summed E-state index contributed by atoms with van der Waals surface area (Å²) in [6, 6.07) is 0. The van der Waals surface area contributed by atoms with Crippen molar-refractivity contribution in [3.05, 3.63) is 11.7 Å². The van der Waals surface area contributed by atoms with E-state index < -0.39 is 11.4 Å². The average molecular weight is 242 g/mol. The number of hydrogen-bond donors (Lipinski definition) is 1. The summed E-state index contributed by atoms with van der Waals surface area (Å²) in [6.07, 6.45) is 0.267. The van der Waals surface area contributed by atoms with Gasteiger partial charge in [0.1, 0.15) is 6.10 Å². The molecule has 1 N–H and O–H groups in total. The van der Waals surface area contributed by atoms with Gasteiger partial charge in [0.05, 0.1) is 6.42 Å². The SMILES string of the molecule is COC(C)c1noc(CC(C)(C)CC(=O)O)n1. The highest BCUT2D eigenvalue weighted by molar-refractivity contribution is 5.67. The zero-order valence-electron chi connectivity index (χ0n) is 10.6. The summed E-state index contributed by atoms with van der Waals surface area (Å²) in [6.45, 7) is 5.52. The Balaban J connectivity index is 2.68. The van der Waals surface area contributed by atoms with Gasteiger partial charge in [-0.15, -0.1) is 0 Å². The maximum Gasteiger partial charge on any atom is 0.303 e. The van der Waals surface area contributed by atoms with Crippen LogP contribution in [0.4, 0.5) is 0 Å². The van der Waals surface area contributed by atoms with Crippen molar-refractivity contribution < 1.29 is 19.2 Å². The first-order valence-corrected chi connectivity index (χ1v) is 5.41. The molecular formula is C11H18N2O4. The largest absolute Gasteiger partial charge is 0.481 e. The van der Waals surface area contributed by atoms with Gasteiger partial charge in [-0.25, -0.2) is 0 Å². The number of aliphatic carboxylic acids is 1. The van der Waals surface area contributed by atoms with Crippen LogP contribution in [0.1, 0.15) is 45.0 Å². The van der Waals surface area contributed by atoms with Crippen LogP contribution in [0, 0.1) is 5.41 Å². The summed E-state index contributed by atoms with van der Waals surface area (Å²) in [5.41, 5.74) is -0.411. The summed E-state index contributed by atoms with van der Waals surface area (Å²) < 4.78 is 10.1. The highest BCUT2D eigenvalue weighted by Crippen LogP contribution is 2.25. The van der Waals surface area contributed by atoms with Crippen molar-refractivity contribution in [1.82, 2.24) is 10.1 Å². The molecule has 96 valence electrons. The summed E-state index contributed by atoms with van der Waals surface area (Å²) in [7, 11) is 1.56. The molecule has 0 spiro atoms. The van der Waals surface area contributed by atoms with E-state index in [1.54, 1.807) is 7.11 Å². The minimum atomic E-state index is -0.833. The van der Waals surface area contributed by atoms with Crippen LogP contribution in [-0.4, -0.2) is 28.3 Å². The van der Waals surface area contributed by atoms with Gasteiger partial charge in [-0.2, -0.15) is 4.98 Å². The molecule has 0 saturated carbocycles. The van der Waals surface area contributed by atoms with Crippen molar-refractivity contribution >= 4 is 5.97 Å². The Morgan fingerprint density at radius 3 is 2.76 bits per heavy atom. The van der Waals surface area contributed by atoms with Gasteiger partial charge in [0.15, 0.2) is 5.82 Å². The lowest BCUT2D eigenvalue weighted by Gasteiger charge is -2.19. The fraction of sp³-hybridized carbons (Fsp3) is 0.727. The van der Waals surface area contributed by atoms with Crippen LogP contribution in [0.3, 0.4) is 0 Å². The number of hydrogen-bond acceptors (Lipinski definition) is 5. The average Bonchev–Trinajstić information content (AvgIpc) is 2.61. The third kappa shape index (κ3) is 4.14. The molecule has 17 heavy (non-hydrogen) atoms. The molecule has 0 aliphatic carbocycles. The second-order valence-corrected chi connectivity index (χ2v) is 4.84. The van der Waals surface area contributed by atoms with Crippen LogP contribution in [0.25, 0.3) is 0 Å². The topological polar surface area (TPSA) is 85.5 Å². The second kappa shape index (κ2) is 5.27. The number of aromatic nitrogens is 2. The fourth-order valence-electron chi connectivity index (χ4n) is 1.49. The zero-order chi connectivity index (χ0) is 13.1. The van der Waals surface area contributed by atoms with E-state index in [0.29, 0.717) is 18.1 Å². The molecule has 0 amide bonds. The van der Waals surface area contributed by atoms with Gasteiger partial charge in [0.25, 0.3) is 0 Å². The lowest BCUT2D eigenvalue weighted by Crippen LogP contribution is -2.19. The van der Waals surface area contributed by atoms with Crippen LogP contribution in [0.2, 0.25) is 0 Å². The molecule has 0 bridgehead atoms. The quantitative estimate of drug-likeness (QED) is 0.818. The molecule has 0 fully saturated rings. The molecule has 0 aliphatic heterocycles. The first-order chi connectivity index (χ1) is 7.84. The normalized spacial score (nSPS) is 13.6. The Bertz CT molecular complexity index is 387. The van der Waals surface area contributed by atoms with Crippen molar-refractivity contribution in [1.29, 1.82) is 0 Å². The van der Waals surface area contributed by atoms with Crippen molar-refractivity contribution in [2.24, 2.45) is 5.41 Å². The van der Waals surface area contributed by atoms with Crippen LogP contribution in [-0.2, 0) is 16.0 Å². The van der Waals surface area contributed by atoms with E-state index in [0.717, 1.165) is 0 Å². The van der Waals surface area contributed by atoms with Gasteiger partial charge < -0.3 is 14.4 Å². The molecule has 1 atom stereocenters. The fourth-order valence-corrected chi connectivity index (χ4v) is 1.49. The van der Waals surface area contributed by atoms with E-state index in [9.17, 15) is 4.79 Å². The Kier molecular flexibility index (Phi) is 4.22. The maximum atomic E-state index is 10.7. The number of carbonyl (C=O) groups is 1. The van der Waals surface area contributed by atoms with Gasteiger partial charge in [-0.1, -0.05) is 19.0 Å². The van der Waals surface area contributed by atoms with Crippen LogP contribution >= 0.6 is 0 Å². The number of carboxylic acids is 1. The molecule has 0 aromatic carbocycles. The molecule has 1 unspecified atom stereocenters. The Hall–Kier alpha value is -1.43. The molecule has 6 heteroatoms. The molecule has 0 radical (unpaired) electrons. The molecule has 1 heterocycles. The zero-order valence-corrected chi connectivity index (χ0v) is 10.6. The third-order valence-corrected chi connectivity index (χ3v) is 2.46. The predicted molar refractivity (Wildman–Crippen MR) is 59.5 cm³/mol. The first-order valence-electron chi connectivity index (χ1n) is 5.41. The summed E-state index contributed by atoms with van der Waals surface area (Å²) in [5, 5.41) is 12.6. The smallest absolute Gasteiger partial charge is 0.303 e. The van der Waals surface area contributed by atoms with E-state index in [1.807, 2.05) is 20.8 Å².